The van der Waals surface area contributed by atoms with Gasteiger partial charge in [-0.2, -0.15) is 5.10 Å². The third-order valence-corrected chi connectivity index (χ3v) is 4.08. The number of aromatic nitrogens is 2. The van der Waals surface area contributed by atoms with Crippen LogP contribution in [0.15, 0.2) is 6.20 Å². The molecular formula is C14H25N3. The largest absolute Gasteiger partial charge is 0.314 e. The van der Waals surface area contributed by atoms with Crippen molar-refractivity contribution in [3.05, 3.63) is 17.5 Å². The Bertz CT molecular complexity index is 332. The SMILES string of the molecule is Cc1[nH]ncc1CCCNC1CCCCC1C. The number of aromatic amines is 1. The zero-order valence-corrected chi connectivity index (χ0v) is 11.1. The zero-order chi connectivity index (χ0) is 12.1. The van der Waals surface area contributed by atoms with Crippen LogP contribution in [0.1, 0.15) is 50.3 Å². The van der Waals surface area contributed by atoms with E-state index in [1.807, 2.05) is 6.20 Å². The van der Waals surface area contributed by atoms with E-state index in [9.17, 15) is 0 Å². The molecule has 2 rings (SSSR count). The maximum atomic E-state index is 4.06. The van der Waals surface area contributed by atoms with E-state index in [1.54, 1.807) is 0 Å². The first-order valence-electron chi connectivity index (χ1n) is 6.99. The second kappa shape index (κ2) is 6.20. The van der Waals surface area contributed by atoms with E-state index < -0.39 is 0 Å². The summed E-state index contributed by atoms with van der Waals surface area (Å²) in [7, 11) is 0. The predicted octanol–water partition coefficient (Wildman–Crippen LogP) is 2.82. The lowest BCUT2D eigenvalue weighted by Crippen LogP contribution is -2.37. The average Bonchev–Trinajstić information content (AvgIpc) is 2.73. The molecule has 0 bridgehead atoms. The predicted molar refractivity (Wildman–Crippen MR) is 71.1 cm³/mol. The fourth-order valence-corrected chi connectivity index (χ4v) is 2.81. The third-order valence-electron chi connectivity index (χ3n) is 4.08. The molecule has 0 spiro atoms. The van der Waals surface area contributed by atoms with E-state index >= 15 is 0 Å². The summed E-state index contributed by atoms with van der Waals surface area (Å²) in [5.74, 6) is 0.861. The van der Waals surface area contributed by atoms with Crippen LogP contribution in [0.5, 0.6) is 0 Å². The molecule has 3 nitrogen and oxygen atoms in total. The molecule has 0 aromatic carbocycles. The molecular weight excluding hydrogens is 210 g/mol. The Morgan fingerprint density at radius 2 is 2.24 bits per heavy atom. The summed E-state index contributed by atoms with van der Waals surface area (Å²) >= 11 is 0. The van der Waals surface area contributed by atoms with E-state index in [4.69, 9.17) is 0 Å². The standard InChI is InChI=1S/C14H25N3/c1-11-6-3-4-8-14(11)15-9-5-7-13-10-16-17-12(13)2/h10-11,14-15H,3-9H2,1-2H3,(H,16,17). The van der Waals surface area contributed by atoms with E-state index in [-0.39, 0.29) is 0 Å². The summed E-state index contributed by atoms with van der Waals surface area (Å²) in [6, 6.07) is 0.759. The molecule has 1 aliphatic carbocycles. The summed E-state index contributed by atoms with van der Waals surface area (Å²) in [4.78, 5) is 0. The molecule has 2 N–H and O–H groups in total. The van der Waals surface area contributed by atoms with Gasteiger partial charge in [0.25, 0.3) is 0 Å². The molecule has 1 aliphatic rings. The molecule has 0 aliphatic heterocycles. The van der Waals surface area contributed by atoms with Gasteiger partial charge in [-0.3, -0.25) is 5.10 Å². The van der Waals surface area contributed by atoms with Gasteiger partial charge in [0.15, 0.2) is 0 Å². The van der Waals surface area contributed by atoms with Crippen molar-refractivity contribution >= 4 is 0 Å². The number of aryl methyl sites for hydroxylation is 2. The van der Waals surface area contributed by atoms with Gasteiger partial charge in [-0.1, -0.05) is 19.8 Å². The van der Waals surface area contributed by atoms with E-state index in [0.717, 1.165) is 24.9 Å². The number of hydrogen-bond acceptors (Lipinski definition) is 2. The van der Waals surface area contributed by atoms with Gasteiger partial charge < -0.3 is 5.32 Å². The van der Waals surface area contributed by atoms with Gasteiger partial charge in [-0.25, -0.2) is 0 Å². The molecule has 0 amide bonds. The van der Waals surface area contributed by atoms with Crippen LogP contribution in [-0.2, 0) is 6.42 Å². The first-order chi connectivity index (χ1) is 8.27. The minimum absolute atomic E-state index is 0.759. The maximum absolute atomic E-state index is 4.06. The zero-order valence-electron chi connectivity index (χ0n) is 11.1. The average molecular weight is 235 g/mol. The second-order valence-corrected chi connectivity index (χ2v) is 5.45. The lowest BCUT2D eigenvalue weighted by atomic mass is 9.86. The summed E-state index contributed by atoms with van der Waals surface area (Å²) in [6.45, 7) is 5.62. The van der Waals surface area contributed by atoms with Crippen LogP contribution in [0.2, 0.25) is 0 Å². The fourth-order valence-electron chi connectivity index (χ4n) is 2.81. The number of rotatable bonds is 5. The Labute approximate surface area is 104 Å². The topological polar surface area (TPSA) is 40.7 Å². The van der Waals surface area contributed by atoms with Crippen molar-refractivity contribution < 1.29 is 0 Å². The molecule has 96 valence electrons. The van der Waals surface area contributed by atoms with Gasteiger partial charge in [-0.05, 0) is 50.6 Å². The van der Waals surface area contributed by atoms with Crippen LogP contribution in [0, 0.1) is 12.8 Å². The highest BCUT2D eigenvalue weighted by atomic mass is 15.1. The number of nitrogens with zero attached hydrogens (tertiary/aromatic N) is 1. The molecule has 1 aromatic heterocycles. The number of hydrogen-bond donors (Lipinski definition) is 2. The highest BCUT2D eigenvalue weighted by Crippen LogP contribution is 2.23. The summed E-state index contributed by atoms with van der Waals surface area (Å²) < 4.78 is 0. The van der Waals surface area contributed by atoms with Gasteiger partial charge in [-0.15, -0.1) is 0 Å². The van der Waals surface area contributed by atoms with E-state index in [1.165, 1.54) is 43.4 Å². The van der Waals surface area contributed by atoms with E-state index in [2.05, 4.69) is 29.4 Å². The van der Waals surface area contributed by atoms with Gasteiger partial charge in [0, 0.05) is 11.7 Å². The van der Waals surface area contributed by atoms with Crippen molar-refractivity contribution in [3.63, 3.8) is 0 Å². The first-order valence-corrected chi connectivity index (χ1v) is 6.99. The van der Waals surface area contributed by atoms with Crippen LogP contribution in [0.25, 0.3) is 0 Å². The molecule has 1 aromatic rings. The van der Waals surface area contributed by atoms with Gasteiger partial charge >= 0.3 is 0 Å². The fraction of sp³-hybridized carbons (Fsp3) is 0.786. The van der Waals surface area contributed by atoms with Crippen LogP contribution in [0.3, 0.4) is 0 Å². The normalized spacial score (nSPS) is 25.1. The lowest BCUT2D eigenvalue weighted by Gasteiger charge is -2.29. The minimum atomic E-state index is 0.759. The number of H-pyrrole nitrogens is 1. The molecule has 1 fully saturated rings. The summed E-state index contributed by atoms with van der Waals surface area (Å²) in [6.07, 6.45) is 9.90. The highest BCUT2D eigenvalue weighted by molar-refractivity contribution is 5.14. The Morgan fingerprint density at radius 1 is 1.41 bits per heavy atom. The lowest BCUT2D eigenvalue weighted by molar-refractivity contribution is 0.280. The van der Waals surface area contributed by atoms with Crippen LogP contribution >= 0.6 is 0 Å². The monoisotopic (exact) mass is 235 g/mol. The minimum Gasteiger partial charge on any atom is -0.314 e. The Kier molecular flexibility index (Phi) is 4.60. The summed E-state index contributed by atoms with van der Waals surface area (Å²) in [5, 5.41) is 10.8. The van der Waals surface area contributed by atoms with Crippen molar-refractivity contribution in [2.75, 3.05) is 6.54 Å². The second-order valence-electron chi connectivity index (χ2n) is 5.45. The van der Waals surface area contributed by atoms with Crippen molar-refractivity contribution in [3.8, 4) is 0 Å². The Morgan fingerprint density at radius 3 is 2.94 bits per heavy atom. The first kappa shape index (κ1) is 12.6. The smallest absolute Gasteiger partial charge is 0.0522 e. The van der Waals surface area contributed by atoms with Gasteiger partial charge in [0.05, 0.1) is 6.20 Å². The maximum Gasteiger partial charge on any atom is 0.0522 e. The molecule has 3 heteroatoms. The van der Waals surface area contributed by atoms with E-state index in [0.29, 0.717) is 0 Å². The number of nitrogens with one attached hydrogen (secondary N) is 2. The Hall–Kier alpha value is -0.830. The van der Waals surface area contributed by atoms with Crippen molar-refractivity contribution in [2.45, 2.75) is 58.4 Å². The molecule has 2 atom stereocenters. The molecule has 1 heterocycles. The summed E-state index contributed by atoms with van der Waals surface area (Å²) in [5.41, 5.74) is 2.58. The highest BCUT2D eigenvalue weighted by Gasteiger charge is 2.19. The molecule has 0 radical (unpaired) electrons. The van der Waals surface area contributed by atoms with Crippen molar-refractivity contribution in [2.24, 2.45) is 5.92 Å². The Balaban J connectivity index is 1.64. The molecule has 2 unspecified atom stereocenters. The van der Waals surface area contributed by atoms with Gasteiger partial charge in [0.2, 0.25) is 0 Å². The van der Waals surface area contributed by atoms with Gasteiger partial charge in [0.1, 0.15) is 0 Å². The quantitative estimate of drug-likeness (QED) is 0.770. The molecule has 0 saturated heterocycles. The van der Waals surface area contributed by atoms with Crippen molar-refractivity contribution in [1.82, 2.24) is 15.5 Å². The molecule has 1 saturated carbocycles. The van der Waals surface area contributed by atoms with Crippen LogP contribution in [0.4, 0.5) is 0 Å². The third kappa shape index (κ3) is 3.56. The van der Waals surface area contributed by atoms with Crippen molar-refractivity contribution in [1.29, 1.82) is 0 Å². The van der Waals surface area contributed by atoms with Crippen LogP contribution in [-0.4, -0.2) is 22.8 Å². The van der Waals surface area contributed by atoms with Crippen LogP contribution < -0.4 is 5.32 Å². The molecule has 17 heavy (non-hydrogen) atoms.